The summed E-state index contributed by atoms with van der Waals surface area (Å²) in [6.07, 6.45) is 10.1. The van der Waals surface area contributed by atoms with E-state index >= 15 is 0 Å². The molecule has 3 fully saturated rings. The van der Waals surface area contributed by atoms with Crippen molar-refractivity contribution in [1.29, 1.82) is 0 Å². The molecule has 8 rings (SSSR count). The third-order valence-corrected chi connectivity index (χ3v) is 15.8. The monoisotopic (exact) mass is 766 g/mol. The van der Waals surface area contributed by atoms with Crippen molar-refractivity contribution in [3.8, 4) is 5.75 Å². The first-order chi connectivity index (χ1) is 25.5. The summed E-state index contributed by atoms with van der Waals surface area (Å²) in [5.41, 5.74) is 2.88. The van der Waals surface area contributed by atoms with Crippen LogP contribution in [0.15, 0.2) is 48.6 Å². The number of nitrogens with zero attached hydrogens (tertiary/aromatic N) is 3. The Morgan fingerprint density at radius 2 is 1.94 bits per heavy atom. The first kappa shape index (κ1) is 37.3. The first-order valence-corrected chi connectivity index (χ1v) is 21.6. The molecule has 4 heterocycles. The number of aryl methyl sites for hydroxylation is 1. The fraction of sp³-hybridized carbons (Fsp3) is 0.634. The number of anilines is 1. The van der Waals surface area contributed by atoms with Crippen LogP contribution in [0.2, 0.25) is 5.02 Å². The van der Waals surface area contributed by atoms with E-state index in [0.717, 1.165) is 102 Å². The summed E-state index contributed by atoms with van der Waals surface area (Å²) < 4.78 is 49.0. The van der Waals surface area contributed by atoms with Crippen molar-refractivity contribution in [2.45, 2.75) is 74.7 Å². The number of hydrogen-bond acceptors (Lipinski definition) is 9. The van der Waals surface area contributed by atoms with Crippen LogP contribution in [-0.2, 0) is 31.3 Å². The fourth-order valence-electron chi connectivity index (χ4n) is 10.1. The fourth-order valence-corrected chi connectivity index (χ4v) is 11.6. The van der Waals surface area contributed by atoms with E-state index in [1.54, 1.807) is 13.0 Å². The lowest BCUT2D eigenvalue weighted by molar-refractivity contribution is -0.108. The van der Waals surface area contributed by atoms with Crippen LogP contribution in [0.1, 0.15) is 67.4 Å². The Balaban J connectivity index is 1.19. The van der Waals surface area contributed by atoms with Crippen LogP contribution in [0.5, 0.6) is 5.75 Å². The molecule has 1 spiro atoms. The number of fused-ring (bicyclic) bond motifs is 5. The van der Waals surface area contributed by atoms with Crippen LogP contribution < -0.4 is 14.4 Å². The smallest absolute Gasteiger partial charge is 0.264 e. The van der Waals surface area contributed by atoms with Crippen LogP contribution in [0.3, 0.4) is 0 Å². The maximum absolute atomic E-state index is 13.7. The molecule has 7 atom stereocenters. The zero-order valence-corrected chi connectivity index (χ0v) is 33.0. The van der Waals surface area contributed by atoms with Gasteiger partial charge in [-0.1, -0.05) is 36.7 Å². The quantitative estimate of drug-likeness (QED) is 0.419. The Kier molecular flexibility index (Phi) is 10.4. The van der Waals surface area contributed by atoms with Crippen LogP contribution in [0.25, 0.3) is 0 Å². The van der Waals surface area contributed by atoms with Crippen LogP contribution >= 0.6 is 11.6 Å². The van der Waals surface area contributed by atoms with Crippen molar-refractivity contribution in [2.75, 3.05) is 77.6 Å². The highest BCUT2D eigenvalue weighted by Gasteiger charge is 2.50. The van der Waals surface area contributed by atoms with Gasteiger partial charge in [-0.25, -0.2) is 13.1 Å². The van der Waals surface area contributed by atoms with Crippen molar-refractivity contribution in [2.24, 2.45) is 17.8 Å². The van der Waals surface area contributed by atoms with Crippen LogP contribution in [0.4, 0.5) is 5.69 Å². The zero-order valence-electron chi connectivity index (χ0n) is 31.4. The Morgan fingerprint density at radius 3 is 2.75 bits per heavy atom. The number of rotatable bonds is 3. The summed E-state index contributed by atoms with van der Waals surface area (Å²) in [6, 6.07) is 12.0. The average molecular weight is 767 g/mol. The highest BCUT2D eigenvalue weighted by Crippen LogP contribution is 2.49. The topological polar surface area (TPSA) is 101 Å². The van der Waals surface area contributed by atoms with Gasteiger partial charge in [0.05, 0.1) is 30.8 Å². The molecule has 1 N–H and O–H groups in total. The number of nitrogens with one attached hydrogen (secondary N) is 1. The minimum absolute atomic E-state index is 0.223. The van der Waals surface area contributed by atoms with E-state index < -0.39 is 26.8 Å². The summed E-state index contributed by atoms with van der Waals surface area (Å²) in [4.78, 5) is 21.2. The molecular weight excluding hydrogens is 712 g/mol. The van der Waals surface area contributed by atoms with Crippen LogP contribution in [-0.4, -0.2) is 114 Å². The maximum Gasteiger partial charge on any atom is 0.264 e. The molecule has 6 aliphatic rings. The SMILES string of the molecule is CO[C@@]1(CN2CCN3CCOC[C@@H]3C2)/C=C/C[C@H](C)[C@@H](C)S(=O)(=O)NC(=O)c2ccc3c(c2)N(C[C@@H]2CC[C@H]21)C[C@@]1(CCCc2cc(Cl)ccc21)CO3. The Morgan fingerprint density at radius 1 is 1.08 bits per heavy atom. The molecule has 2 aromatic carbocycles. The molecule has 1 amide bonds. The van der Waals surface area contributed by atoms with Crippen molar-refractivity contribution in [1.82, 2.24) is 14.5 Å². The van der Waals surface area contributed by atoms with Crippen molar-refractivity contribution in [3.63, 3.8) is 0 Å². The maximum atomic E-state index is 13.7. The van der Waals surface area contributed by atoms with Gasteiger partial charge >= 0.3 is 0 Å². The van der Waals surface area contributed by atoms with E-state index in [0.29, 0.717) is 36.3 Å². The largest absolute Gasteiger partial charge is 0.490 e. The van der Waals surface area contributed by atoms with E-state index in [2.05, 4.69) is 43.7 Å². The minimum Gasteiger partial charge on any atom is -0.490 e. The van der Waals surface area contributed by atoms with Gasteiger partial charge in [-0.05, 0) is 105 Å². The zero-order chi connectivity index (χ0) is 37.0. The van der Waals surface area contributed by atoms with Gasteiger partial charge in [0.15, 0.2) is 0 Å². The number of hydrogen-bond donors (Lipinski definition) is 1. The van der Waals surface area contributed by atoms with Crippen LogP contribution in [0, 0.1) is 17.8 Å². The second kappa shape index (κ2) is 14.8. The molecule has 0 unspecified atom stereocenters. The molecule has 53 heavy (non-hydrogen) atoms. The van der Waals surface area contributed by atoms with Gasteiger partial charge in [-0.2, -0.15) is 0 Å². The third-order valence-electron chi connectivity index (χ3n) is 13.6. The van der Waals surface area contributed by atoms with E-state index in [-0.39, 0.29) is 17.3 Å². The normalized spacial score (nSPS) is 35.4. The third kappa shape index (κ3) is 7.15. The standard InChI is InChI=1S/C41H55ClN4O6S/c1-28-6-4-15-41(50-3,26-44-16-17-45-18-19-51-24-34(45)23-44)36-11-8-32(36)22-46-25-40(14-5-7-30-20-33(42)10-12-35(30)40)27-52-38-13-9-31(21-37(38)46)39(47)43-53(48,49)29(28)2/h4,9-10,12-13,15,20-21,28-29,32,34,36H,5-8,11,14,16-19,22-27H2,1-3H3,(H,43,47)/b15-4+/t28-,29+,32-,34-,36+,40-,41+/m0/s1. The summed E-state index contributed by atoms with van der Waals surface area (Å²) in [5.74, 6) is 0.458. The molecular formula is C41H55ClN4O6S. The number of amides is 1. The Bertz CT molecular complexity index is 1840. The Labute approximate surface area is 320 Å². The number of carbonyl (C=O) groups is 1. The number of methoxy groups -OCH3 is 1. The van der Waals surface area contributed by atoms with E-state index in [9.17, 15) is 13.2 Å². The number of benzene rings is 2. The number of allylic oxidation sites excluding steroid dienone is 1. The van der Waals surface area contributed by atoms with Gasteiger partial charge in [0.1, 0.15) is 11.4 Å². The number of carbonyl (C=O) groups excluding carboxylic acids is 1. The Hall–Kier alpha value is -2.67. The molecule has 0 aromatic heterocycles. The summed E-state index contributed by atoms with van der Waals surface area (Å²) in [6.45, 7) is 11.9. The second-order valence-corrected chi connectivity index (χ2v) is 19.2. The lowest BCUT2D eigenvalue weighted by atomic mass is 9.63. The van der Waals surface area contributed by atoms with Gasteiger partial charge in [0.2, 0.25) is 10.0 Å². The van der Waals surface area contributed by atoms with Crippen molar-refractivity contribution in [3.05, 3.63) is 70.3 Å². The van der Waals surface area contributed by atoms with Gasteiger partial charge in [0.25, 0.3) is 5.91 Å². The molecule has 12 heteroatoms. The molecule has 0 radical (unpaired) electrons. The number of halogens is 1. The lowest BCUT2D eigenvalue weighted by Gasteiger charge is -2.53. The van der Waals surface area contributed by atoms with Gasteiger partial charge < -0.3 is 19.1 Å². The minimum atomic E-state index is -3.96. The summed E-state index contributed by atoms with van der Waals surface area (Å²) in [7, 11) is -2.11. The highest BCUT2D eigenvalue weighted by molar-refractivity contribution is 7.90. The molecule has 288 valence electrons. The molecule has 10 nitrogen and oxygen atoms in total. The molecule has 2 aromatic rings. The molecule has 4 aliphatic heterocycles. The number of piperazine rings is 1. The van der Waals surface area contributed by atoms with Gasteiger partial charge in [-0.15, -0.1) is 0 Å². The van der Waals surface area contributed by atoms with Crippen molar-refractivity contribution >= 4 is 33.2 Å². The number of ether oxygens (including phenoxy) is 3. The highest BCUT2D eigenvalue weighted by atomic mass is 35.5. The number of sulfonamides is 1. The van der Waals surface area contributed by atoms with Crippen molar-refractivity contribution < 1.29 is 27.4 Å². The first-order valence-electron chi connectivity index (χ1n) is 19.6. The van der Waals surface area contributed by atoms with E-state index in [1.807, 2.05) is 32.2 Å². The average Bonchev–Trinajstić information content (AvgIpc) is 3.28. The van der Waals surface area contributed by atoms with E-state index in [4.69, 9.17) is 25.8 Å². The van der Waals surface area contributed by atoms with Gasteiger partial charge in [0, 0.05) is 75.0 Å². The predicted octanol–water partition coefficient (Wildman–Crippen LogP) is 5.29. The predicted molar refractivity (Wildman–Crippen MR) is 208 cm³/mol. The molecule has 2 bridgehead atoms. The lowest BCUT2D eigenvalue weighted by Crippen LogP contribution is -2.62. The molecule has 2 saturated heterocycles. The molecule has 1 saturated carbocycles. The number of morpholine rings is 1. The molecule has 2 aliphatic carbocycles. The van der Waals surface area contributed by atoms with Gasteiger partial charge in [-0.3, -0.25) is 14.6 Å². The second-order valence-electron chi connectivity index (χ2n) is 16.7. The summed E-state index contributed by atoms with van der Waals surface area (Å²) >= 11 is 6.51. The summed E-state index contributed by atoms with van der Waals surface area (Å²) in [5, 5.41) is -0.0335. The van der Waals surface area contributed by atoms with E-state index in [1.165, 1.54) is 11.1 Å².